The number of aromatic nitrogens is 1. The van der Waals surface area contributed by atoms with Crippen LogP contribution in [-0.2, 0) is 0 Å². The molecule has 3 aromatic rings. The van der Waals surface area contributed by atoms with Crippen LogP contribution in [0.2, 0.25) is 0 Å². The third-order valence-electron chi connectivity index (χ3n) is 5.99. The zero-order valence-electron chi connectivity index (χ0n) is 18.7. The second-order valence-corrected chi connectivity index (χ2v) is 8.06. The Labute approximate surface area is 193 Å². The lowest BCUT2D eigenvalue weighted by Gasteiger charge is -2.17. The third kappa shape index (κ3) is 4.27. The molecule has 3 heterocycles. The molecule has 0 saturated heterocycles. The number of amidine groups is 1. The Kier molecular flexibility index (Phi) is 5.95. The Morgan fingerprint density at radius 1 is 1.09 bits per heavy atom. The topological polar surface area (TPSA) is 93.6 Å². The summed E-state index contributed by atoms with van der Waals surface area (Å²) in [5.74, 6) is 1.76. The van der Waals surface area contributed by atoms with Crippen LogP contribution in [-0.4, -0.2) is 35.7 Å². The minimum Gasteiger partial charge on any atom is -0.395 e. The molecule has 7 heteroatoms. The number of hydrogen-bond donors (Lipinski definition) is 5. The fourth-order valence-electron chi connectivity index (χ4n) is 4.33. The molecular weight excluding hydrogens is 412 g/mol. The summed E-state index contributed by atoms with van der Waals surface area (Å²) in [6, 6.07) is 18.7. The average Bonchev–Trinajstić information content (AvgIpc) is 3.27. The van der Waals surface area contributed by atoms with E-state index in [-0.39, 0.29) is 6.61 Å². The van der Waals surface area contributed by atoms with Gasteiger partial charge in [-0.25, -0.2) is 4.99 Å². The van der Waals surface area contributed by atoms with Crippen molar-refractivity contribution in [3.8, 4) is 11.1 Å². The Hall–Kier alpha value is -3.84. The second-order valence-electron chi connectivity index (χ2n) is 8.06. The highest BCUT2D eigenvalue weighted by Gasteiger charge is 2.24. The fourth-order valence-corrected chi connectivity index (χ4v) is 4.33. The highest BCUT2D eigenvalue weighted by molar-refractivity contribution is 6.02. The predicted octanol–water partition coefficient (Wildman–Crippen LogP) is 3.68. The number of aliphatic hydroxyl groups is 1. The van der Waals surface area contributed by atoms with E-state index < -0.39 is 0 Å². The van der Waals surface area contributed by atoms with Crippen LogP contribution in [0.15, 0.2) is 88.6 Å². The average molecular weight is 441 g/mol. The first-order valence-electron chi connectivity index (χ1n) is 11.3. The van der Waals surface area contributed by atoms with Gasteiger partial charge in [0.15, 0.2) is 5.84 Å². The molecule has 0 amide bonds. The van der Waals surface area contributed by atoms with Gasteiger partial charge in [0.2, 0.25) is 0 Å². The minimum atomic E-state index is 0.0852. The van der Waals surface area contributed by atoms with Gasteiger partial charge in [-0.2, -0.15) is 0 Å². The summed E-state index contributed by atoms with van der Waals surface area (Å²) >= 11 is 0. The van der Waals surface area contributed by atoms with Gasteiger partial charge in [0.1, 0.15) is 12.5 Å². The van der Waals surface area contributed by atoms with Gasteiger partial charge in [-0.05, 0) is 47.4 Å². The van der Waals surface area contributed by atoms with Gasteiger partial charge >= 0.3 is 0 Å². The number of aliphatic hydroxyl groups excluding tert-OH is 1. The predicted molar refractivity (Wildman–Crippen MR) is 133 cm³/mol. The van der Waals surface area contributed by atoms with E-state index >= 15 is 0 Å². The standard InChI is InChI=1S/C26H28N6O/c1-2-17-14-23(28-12-13-33)24-26(30-16-29-24)32-25(17)31-19-8-9-22-21(15-19)20(10-11-27-22)18-6-4-3-5-7-18/h3-11,15,28-29,31,33H,2,12-14,16H2,1H3,(H,30,32). The molecule has 0 atom stereocenters. The summed E-state index contributed by atoms with van der Waals surface area (Å²) in [6.07, 6.45) is 3.49. The molecule has 2 aromatic carbocycles. The molecule has 0 bridgehead atoms. The molecule has 2 aliphatic rings. The van der Waals surface area contributed by atoms with Gasteiger partial charge in [0.25, 0.3) is 0 Å². The maximum absolute atomic E-state index is 9.29. The molecule has 33 heavy (non-hydrogen) atoms. The van der Waals surface area contributed by atoms with Crippen molar-refractivity contribution >= 4 is 22.4 Å². The molecule has 168 valence electrons. The zero-order valence-corrected chi connectivity index (χ0v) is 18.7. The number of benzene rings is 2. The van der Waals surface area contributed by atoms with Gasteiger partial charge in [0, 0.05) is 35.9 Å². The Morgan fingerprint density at radius 2 is 1.97 bits per heavy atom. The monoisotopic (exact) mass is 440 g/mol. The van der Waals surface area contributed by atoms with Crippen LogP contribution >= 0.6 is 0 Å². The van der Waals surface area contributed by atoms with Crippen molar-refractivity contribution < 1.29 is 5.11 Å². The summed E-state index contributed by atoms with van der Waals surface area (Å²) in [4.78, 5) is 9.16. The van der Waals surface area contributed by atoms with Crippen LogP contribution in [0.25, 0.3) is 22.0 Å². The molecular formula is C26H28N6O. The van der Waals surface area contributed by atoms with Crippen molar-refractivity contribution in [2.75, 3.05) is 25.1 Å². The molecule has 0 radical (unpaired) electrons. The van der Waals surface area contributed by atoms with E-state index in [0.717, 1.165) is 58.0 Å². The highest BCUT2D eigenvalue weighted by Crippen LogP contribution is 2.31. The van der Waals surface area contributed by atoms with Crippen LogP contribution in [0.1, 0.15) is 19.8 Å². The summed E-state index contributed by atoms with van der Waals surface area (Å²) in [7, 11) is 0. The minimum absolute atomic E-state index is 0.0852. The van der Waals surface area contributed by atoms with E-state index in [1.165, 1.54) is 11.1 Å². The van der Waals surface area contributed by atoms with Crippen molar-refractivity contribution in [3.05, 3.63) is 83.6 Å². The van der Waals surface area contributed by atoms with Crippen LogP contribution in [0.3, 0.4) is 0 Å². The summed E-state index contributed by atoms with van der Waals surface area (Å²) in [6.45, 7) is 3.29. The number of aliphatic imine (C=N–C) groups is 1. The normalized spacial score (nSPS) is 15.5. The molecule has 0 spiro atoms. The van der Waals surface area contributed by atoms with E-state index in [4.69, 9.17) is 0 Å². The van der Waals surface area contributed by atoms with E-state index in [2.05, 4.69) is 86.7 Å². The van der Waals surface area contributed by atoms with E-state index in [1.807, 2.05) is 12.3 Å². The van der Waals surface area contributed by atoms with Crippen LogP contribution in [0, 0.1) is 0 Å². The van der Waals surface area contributed by atoms with Gasteiger partial charge in [0.05, 0.1) is 17.8 Å². The smallest absolute Gasteiger partial charge is 0.153 e. The molecule has 0 saturated carbocycles. The summed E-state index contributed by atoms with van der Waals surface area (Å²) in [5.41, 5.74) is 7.53. The lowest BCUT2D eigenvalue weighted by Crippen LogP contribution is -2.30. The lowest BCUT2D eigenvalue weighted by atomic mass is 10.0. The Bertz CT molecular complexity index is 1260. The van der Waals surface area contributed by atoms with Crippen molar-refractivity contribution in [3.63, 3.8) is 0 Å². The van der Waals surface area contributed by atoms with Crippen LogP contribution < -0.4 is 21.3 Å². The van der Waals surface area contributed by atoms with Crippen molar-refractivity contribution in [2.45, 2.75) is 19.8 Å². The zero-order chi connectivity index (χ0) is 22.6. The molecule has 1 aromatic heterocycles. The Balaban J connectivity index is 1.50. The number of nitrogens with one attached hydrogen (secondary N) is 4. The quantitative estimate of drug-likeness (QED) is 0.385. The first kappa shape index (κ1) is 21.0. The molecule has 2 aliphatic heterocycles. The number of hydrogen-bond acceptors (Lipinski definition) is 7. The third-order valence-corrected chi connectivity index (χ3v) is 5.99. The van der Waals surface area contributed by atoms with Crippen molar-refractivity contribution in [1.29, 1.82) is 0 Å². The van der Waals surface area contributed by atoms with Gasteiger partial charge in [-0.3, -0.25) is 4.98 Å². The molecule has 5 N–H and O–H groups in total. The largest absolute Gasteiger partial charge is 0.395 e. The maximum Gasteiger partial charge on any atom is 0.153 e. The molecule has 0 aliphatic carbocycles. The number of allylic oxidation sites excluding steroid dienone is 1. The number of nitrogens with zero attached hydrogens (tertiary/aromatic N) is 2. The van der Waals surface area contributed by atoms with Crippen LogP contribution in [0.4, 0.5) is 5.69 Å². The van der Waals surface area contributed by atoms with E-state index in [0.29, 0.717) is 13.2 Å². The van der Waals surface area contributed by atoms with Crippen LogP contribution in [0.5, 0.6) is 0 Å². The van der Waals surface area contributed by atoms with Crippen molar-refractivity contribution in [2.24, 2.45) is 4.99 Å². The second kappa shape index (κ2) is 9.34. The number of anilines is 1. The molecule has 0 fully saturated rings. The SMILES string of the molecule is CCC1=C(Nc2ccc3nccc(-c4ccccc4)c3c2)NC2=NCNC2=C(NCCO)C1. The number of rotatable bonds is 7. The van der Waals surface area contributed by atoms with Gasteiger partial charge in [-0.1, -0.05) is 37.3 Å². The summed E-state index contributed by atoms with van der Waals surface area (Å²) in [5, 5.41) is 24.2. The molecule has 5 rings (SSSR count). The van der Waals surface area contributed by atoms with Gasteiger partial charge < -0.3 is 26.4 Å². The first-order valence-corrected chi connectivity index (χ1v) is 11.3. The highest BCUT2D eigenvalue weighted by atomic mass is 16.3. The molecule has 0 unspecified atom stereocenters. The van der Waals surface area contributed by atoms with E-state index in [9.17, 15) is 5.11 Å². The lowest BCUT2D eigenvalue weighted by molar-refractivity contribution is 0.296. The fraction of sp³-hybridized carbons (Fsp3) is 0.231. The van der Waals surface area contributed by atoms with Crippen molar-refractivity contribution in [1.82, 2.24) is 20.9 Å². The first-order chi connectivity index (χ1) is 16.3. The van der Waals surface area contributed by atoms with Gasteiger partial charge in [-0.15, -0.1) is 0 Å². The maximum atomic E-state index is 9.29. The van der Waals surface area contributed by atoms with E-state index in [1.54, 1.807) is 0 Å². The number of fused-ring (bicyclic) bond motifs is 2. The Morgan fingerprint density at radius 3 is 2.79 bits per heavy atom. The number of pyridine rings is 1. The summed E-state index contributed by atoms with van der Waals surface area (Å²) < 4.78 is 0. The molecule has 7 nitrogen and oxygen atoms in total.